The topological polar surface area (TPSA) is 76.0 Å². The third kappa shape index (κ3) is 4.15. The minimum atomic E-state index is -5.30. The largest absolute Gasteiger partial charge is 0.501 e. The Bertz CT molecular complexity index is 754. The van der Waals surface area contributed by atoms with E-state index in [1.165, 1.54) is 12.1 Å². The summed E-state index contributed by atoms with van der Waals surface area (Å²) in [6.45, 7) is 1.03. The van der Waals surface area contributed by atoms with Gasteiger partial charge in [-0.3, -0.25) is 4.68 Å². The van der Waals surface area contributed by atoms with E-state index in [0.29, 0.717) is 24.6 Å². The lowest BCUT2D eigenvalue weighted by Gasteiger charge is -2.10. The van der Waals surface area contributed by atoms with Crippen LogP contribution in [0.25, 0.3) is 0 Å². The van der Waals surface area contributed by atoms with Crippen LogP contribution in [0.15, 0.2) is 41.4 Å². The van der Waals surface area contributed by atoms with E-state index < -0.39 is 20.2 Å². The monoisotopic (exact) mass is 348 g/mol. The molecule has 2 N–H and O–H groups in total. The molecule has 0 saturated carbocycles. The molecule has 0 bridgehead atoms. The molecule has 0 aliphatic carbocycles. The molecule has 0 aliphatic rings. The van der Waals surface area contributed by atoms with Crippen molar-refractivity contribution in [2.24, 2.45) is 7.05 Å². The van der Waals surface area contributed by atoms with Gasteiger partial charge in [0, 0.05) is 38.1 Å². The maximum atomic E-state index is 12.4. The first-order valence-corrected chi connectivity index (χ1v) is 8.07. The zero-order valence-corrected chi connectivity index (χ0v) is 12.9. The molecule has 6 nitrogen and oxygen atoms in total. The highest BCUT2D eigenvalue weighted by molar-refractivity contribution is 7.92. The number of anilines is 2. The van der Waals surface area contributed by atoms with Crippen LogP contribution in [-0.2, 0) is 16.9 Å². The Hall–Kier alpha value is -2.23. The fourth-order valence-corrected chi connectivity index (χ4v) is 2.55. The summed E-state index contributed by atoms with van der Waals surface area (Å²) < 4.78 is 61.3. The summed E-state index contributed by atoms with van der Waals surface area (Å²) in [4.78, 5) is -0.776. The van der Waals surface area contributed by atoms with Gasteiger partial charge in [0.05, 0.1) is 4.90 Å². The molecule has 0 unspecified atom stereocenters. The van der Waals surface area contributed by atoms with Crippen molar-refractivity contribution in [1.29, 1.82) is 0 Å². The van der Waals surface area contributed by atoms with Crippen LogP contribution < -0.4 is 10.6 Å². The molecule has 1 aromatic carbocycles. The van der Waals surface area contributed by atoms with E-state index >= 15 is 0 Å². The number of halogens is 3. The van der Waals surface area contributed by atoms with Crippen LogP contribution in [0.3, 0.4) is 0 Å². The number of hydrogen-bond acceptors (Lipinski definition) is 5. The minimum Gasteiger partial charge on any atom is -0.383 e. The van der Waals surface area contributed by atoms with Crippen LogP contribution in [0.4, 0.5) is 24.7 Å². The first kappa shape index (κ1) is 17.1. The van der Waals surface area contributed by atoms with E-state index in [9.17, 15) is 21.6 Å². The highest BCUT2D eigenvalue weighted by Crippen LogP contribution is 2.30. The maximum absolute atomic E-state index is 12.4. The van der Waals surface area contributed by atoms with Gasteiger partial charge in [-0.2, -0.15) is 18.3 Å². The molecular weight excluding hydrogens is 333 g/mol. The van der Waals surface area contributed by atoms with Gasteiger partial charge in [-0.05, 0) is 24.3 Å². The van der Waals surface area contributed by atoms with Gasteiger partial charge < -0.3 is 10.6 Å². The molecule has 23 heavy (non-hydrogen) atoms. The number of rotatable bonds is 6. The molecule has 126 valence electrons. The predicted molar refractivity (Wildman–Crippen MR) is 79.9 cm³/mol. The average molecular weight is 348 g/mol. The van der Waals surface area contributed by atoms with E-state index in [0.717, 1.165) is 12.1 Å². The molecule has 1 aromatic heterocycles. The fourth-order valence-electron chi connectivity index (χ4n) is 1.79. The van der Waals surface area contributed by atoms with Gasteiger partial charge in [0.2, 0.25) is 0 Å². The number of aromatic nitrogens is 2. The first-order valence-electron chi connectivity index (χ1n) is 6.59. The molecule has 0 amide bonds. The van der Waals surface area contributed by atoms with E-state index in [4.69, 9.17) is 0 Å². The molecule has 0 atom stereocenters. The van der Waals surface area contributed by atoms with Crippen LogP contribution in [-0.4, -0.2) is 36.8 Å². The lowest BCUT2D eigenvalue weighted by Crippen LogP contribution is -2.23. The SMILES string of the molecule is Cn1ccc(NCCNc2ccc(S(=O)(=O)C(F)(F)F)cc2)n1. The molecule has 0 saturated heterocycles. The van der Waals surface area contributed by atoms with Gasteiger partial charge in [0.15, 0.2) is 0 Å². The molecule has 10 heteroatoms. The summed E-state index contributed by atoms with van der Waals surface area (Å²) >= 11 is 0. The second-order valence-corrected chi connectivity index (χ2v) is 6.64. The Balaban J connectivity index is 1.88. The highest BCUT2D eigenvalue weighted by Gasteiger charge is 2.46. The second-order valence-electron chi connectivity index (χ2n) is 4.70. The van der Waals surface area contributed by atoms with Crippen molar-refractivity contribution in [2.75, 3.05) is 23.7 Å². The van der Waals surface area contributed by atoms with E-state index in [1.54, 1.807) is 24.0 Å². The van der Waals surface area contributed by atoms with E-state index in [-0.39, 0.29) is 0 Å². The molecule has 2 aromatic rings. The fraction of sp³-hybridized carbons (Fsp3) is 0.308. The first-order chi connectivity index (χ1) is 10.7. The van der Waals surface area contributed by atoms with Crippen LogP contribution in [0.2, 0.25) is 0 Å². The summed E-state index contributed by atoms with van der Waals surface area (Å²) in [7, 11) is -3.51. The summed E-state index contributed by atoms with van der Waals surface area (Å²) in [5.74, 6) is 0.709. The van der Waals surface area contributed by atoms with Crippen LogP contribution in [0, 0.1) is 0 Å². The molecule has 1 heterocycles. The number of sulfone groups is 1. The number of alkyl halides is 3. The van der Waals surface area contributed by atoms with E-state index in [1.807, 2.05) is 0 Å². The minimum absolute atomic E-state index is 0.488. The van der Waals surface area contributed by atoms with Gasteiger partial charge in [-0.1, -0.05) is 0 Å². The number of nitrogens with one attached hydrogen (secondary N) is 2. The van der Waals surface area contributed by atoms with Crippen LogP contribution in [0.5, 0.6) is 0 Å². The summed E-state index contributed by atoms with van der Waals surface area (Å²) in [5.41, 5.74) is -4.77. The van der Waals surface area contributed by atoms with Gasteiger partial charge in [-0.25, -0.2) is 8.42 Å². The van der Waals surface area contributed by atoms with Crippen molar-refractivity contribution in [3.63, 3.8) is 0 Å². The Labute approximate surface area is 131 Å². The van der Waals surface area contributed by atoms with E-state index in [2.05, 4.69) is 15.7 Å². The van der Waals surface area contributed by atoms with Gasteiger partial charge in [0.1, 0.15) is 5.82 Å². The molecule has 0 aliphatic heterocycles. The third-order valence-corrected chi connectivity index (χ3v) is 4.45. The molecule has 2 rings (SSSR count). The normalized spacial score (nSPS) is 12.2. The lowest BCUT2D eigenvalue weighted by molar-refractivity contribution is -0.0436. The summed E-state index contributed by atoms with van der Waals surface area (Å²) in [6.07, 6.45) is 1.79. The van der Waals surface area contributed by atoms with Crippen molar-refractivity contribution in [3.05, 3.63) is 36.5 Å². The van der Waals surface area contributed by atoms with Gasteiger partial charge in [-0.15, -0.1) is 0 Å². The van der Waals surface area contributed by atoms with Crippen molar-refractivity contribution < 1.29 is 21.6 Å². The van der Waals surface area contributed by atoms with Crippen molar-refractivity contribution >= 4 is 21.3 Å². The Morgan fingerprint density at radius 2 is 1.70 bits per heavy atom. The molecule has 0 fully saturated rings. The van der Waals surface area contributed by atoms with Crippen LogP contribution in [0.1, 0.15) is 0 Å². The Morgan fingerprint density at radius 3 is 2.22 bits per heavy atom. The summed E-state index contributed by atoms with van der Waals surface area (Å²) in [6, 6.07) is 6.24. The Morgan fingerprint density at radius 1 is 1.09 bits per heavy atom. The highest BCUT2D eigenvalue weighted by atomic mass is 32.2. The predicted octanol–water partition coefficient (Wildman–Crippen LogP) is 2.24. The van der Waals surface area contributed by atoms with Crippen molar-refractivity contribution in [3.8, 4) is 0 Å². The zero-order chi connectivity index (χ0) is 17.1. The quantitative estimate of drug-likeness (QED) is 0.783. The maximum Gasteiger partial charge on any atom is 0.501 e. The van der Waals surface area contributed by atoms with Crippen molar-refractivity contribution in [1.82, 2.24) is 9.78 Å². The second kappa shape index (κ2) is 6.49. The van der Waals surface area contributed by atoms with Crippen LogP contribution >= 0.6 is 0 Å². The number of nitrogens with zero attached hydrogens (tertiary/aromatic N) is 2. The smallest absolute Gasteiger partial charge is 0.383 e. The third-order valence-electron chi connectivity index (χ3n) is 2.94. The molecule has 0 spiro atoms. The standard InChI is InChI=1S/C13H15F3N4O2S/c1-20-9-6-12(19-20)18-8-7-17-10-2-4-11(5-3-10)23(21,22)13(14,15)16/h2-6,9,17H,7-8H2,1H3,(H,18,19). The Kier molecular flexibility index (Phi) is 4.83. The lowest BCUT2D eigenvalue weighted by atomic mass is 10.3. The van der Waals surface area contributed by atoms with Crippen molar-refractivity contribution in [2.45, 2.75) is 10.4 Å². The number of hydrogen-bond donors (Lipinski definition) is 2. The average Bonchev–Trinajstić information content (AvgIpc) is 2.88. The zero-order valence-electron chi connectivity index (χ0n) is 12.1. The number of aryl methyl sites for hydroxylation is 1. The summed E-state index contributed by atoms with van der Waals surface area (Å²) in [5, 5.41) is 10.1. The number of benzene rings is 1. The molecular formula is C13H15F3N4O2S. The van der Waals surface area contributed by atoms with Gasteiger partial charge in [0.25, 0.3) is 9.84 Å². The van der Waals surface area contributed by atoms with Gasteiger partial charge >= 0.3 is 5.51 Å². The molecule has 0 radical (unpaired) electrons.